The third-order valence-electron chi connectivity index (χ3n) is 13.1. The normalized spacial score (nSPS) is 33.3. The molecular formula is C41H50IO3P. The van der Waals surface area contributed by atoms with Crippen molar-refractivity contribution in [2.24, 2.45) is 28.1 Å². The molecule has 0 heterocycles. The smallest absolute Gasteiger partial charge is 0.312 e. The number of carbonyl (C=O) groups excluding carboxylic acids is 1. The number of benzene rings is 3. The average molecular weight is 749 g/mol. The molecule has 5 heteroatoms. The van der Waals surface area contributed by atoms with Crippen molar-refractivity contribution in [2.75, 3.05) is 12.8 Å². The Morgan fingerprint density at radius 1 is 0.826 bits per heavy atom. The number of fused-ring (bicyclic) bond motifs is 3. The molecule has 0 aliphatic heterocycles. The maximum Gasteiger partial charge on any atom is 0.312 e. The topological polar surface area (TPSA) is 46.5 Å². The molecule has 0 unspecified atom stereocenters. The molecule has 0 saturated heterocycles. The lowest BCUT2D eigenvalue weighted by Gasteiger charge is -2.63. The second-order valence-corrected chi connectivity index (χ2v) is 19.0. The quantitative estimate of drug-likeness (QED) is 0.116. The molecule has 4 fully saturated rings. The maximum absolute atomic E-state index is 14.2. The monoisotopic (exact) mass is 748 g/mol. The minimum absolute atomic E-state index is 0. The zero-order valence-corrected chi connectivity index (χ0v) is 30.6. The van der Waals surface area contributed by atoms with E-state index >= 15 is 0 Å². The first-order chi connectivity index (χ1) is 21.7. The Kier molecular flexibility index (Phi) is 9.42. The molecule has 7 rings (SSSR count). The summed E-state index contributed by atoms with van der Waals surface area (Å²) in [6.45, 7) is 9.49. The van der Waals surface area contributed by atoms with Gasteiger partial charge in [0, 0.05) is 6.42 Å². The van der Waals surface area contributed by atoms with Gasteiger partial charge >= 0.3 is 5.97 Å². The largest absolute Gasteiger partial charge is 1.00 e. The van der Waals surface area contributed by atoms with Crippen molar-refractivity contribution in [3.63, 3.8) is 0 Å². The van der Waals surface area contributed by atoms with Crippen LogP contribution in [-0.2, 0) is 9.53 Å². The van der Waals surface area contributed by atoms with Crippen LogP contribution in [0, 0.1) is 28.1 Å². The Morgan fingerprint density at radius 2 is 1.37 bits per heavy atom. The van der Waals surface area contributed by atoms with E-state index in [1.54, 1.807) is 0 Å². The summed E-state index contributed by atoms with van der Waals surface area (Å²) < 4.78 is 6.34. The number of rotatable bonds is 8. The molecule has 4 aliphatic rings. The molecule has 3 nitrogen and oxygen atoms in total. The minimum Gasteiger partial charge on any atom is -1.00 e. The summed E-state index contributed by atoms with van der Waals surface area (Å²) in [5, 5.41) is 15.4. The van der Waals surface area contributed by atoms with Crippen LogP contribution in [0.1, 0.15) is 78.1 Å². The van der Waals surface area contributed by atoms with Gasteiger partial charge in [0.25, 0.3) is 0 Å². The predicted octanol–water partition coefficient (Wildman–Crippen LogP) is 5.00. The predicted molar refractivity (Wildman–Crippen MR) is 187 cm³/mol. The van der Waals surface area contributed by atoms with Gasteiger partial charge < -0.3 is 33.8 Å². The average Bonchev–Trinajstić information content (AvgIpc) is 3.24. The lowest BCUT2D eigenvalue weighted by Crippen LogP contribution is -3.00. The molecule has 3 aromatic carbocycles. The summed E-state index contributed by atoms with van der Waals surface area (Å²) in [6, 6.07) is 32.9. The number of ether oxygens (including phenoxy) is 1. The van der Waals surface area contributed by atoms with Crippen LogP contribution >= 0.6 is 7.26 Å². The first-order valence-corrected chi connectivity index (χ1v) is 19.3. The second-order valence-electron chi connectivity index (χ2n) is 15.3. The van der Waals surface area contributed by atoms with Gasteiger partial charge in [-0.25, -0.2) is 0 Å². The molecule has 0 aromatic heterocycles. The van der Waals surface area contributed by atoms with Crippen molar-refractivity contribution >= 4 is 29.1 Å². The van der Waals surface area contributed by atoms with Crippen molar-refractivity contribution in [3.05, 3.63) is 103 Å². The van der Waals surface area contributed by atoms with E-state index in [1.165, 1.54) is 22.3 Å². The Labute approximate surface area is 294 Å². The van der Waals surface area contributed by atoms with Gasteiger partial charge in [-0.15, -0.1) is 0 Å². The van der Waals surface area contributed by atoms with Gasteiger partial charge in [0.1, 0.15) is 23.2 Å². The fourth-order valence-electron chi connectivity index (χ4n) is 11.1. The van der Waals surface area contributed by atoms with Crippen LogP contribution in [0.4, 0.5) is 0 Å². The number of carbonyl (C=O) groups is 1. The second kappa shape index (κ2) is 12.8. The molecule has 2 bridgehead atoms. The van der Waals surface area contributed by atoms with Crippen molar-refractivity contribution in [3.8, 4) is 0 Å². The molecule has 46 heavy (non-hydrogen) atoms. The third-order valence-corrected chi connectivity index (χ3v) is 17.6. The van der Waals surface area contributed by atoms with Crippen LogP contribution in [-0.4, -0.2) is 29.4 Å². The highest BCUT2D eigenvalue weighted by molar-refractivity contribution is 7.95. The van der Waals surface area contributed by atoms with Crippen molar-refractivity contribution < 1.29 is 38.6 Å². The van der Waals surface area contributed by atoms with Gasteiger partial charge in [0.05, 0.1) is 23.8 Å². The van der Waals surface area contributed by atoms with Gasteiger partial charge in [0.15, 0.2) is 0 Å². The maximum atomic E-state index is 14.2. The summed E-state index contributed by atoms with van der Waals surface area (Å²) in [5.41, 5.74) is 0.211. The van der Waals surface area contributed by atoms with E-state index in [4.69, 9.17) is 4.74 Å². The van der Waals surface area contributed by atoms with Crippen LogP contribution in [0.3, 0.4) is 0 Å². The third kappa shape index (κ3) is 5.34. The molecule has 0 radical (unpaired) electrons. The van der Waals surface area contributed by atoms with Crippen molar-refractivity contribution in [2.45, 2.75) is 83.7 Å². The van der Waals surface area contributed by atoms with E-state index in [1.807, 2.05) is 0 Å². The molecular weight excluding hydrogens is 698 g/mol. The first kappa shape index (κ1) is 33.9. The zero-order valence-electron chi connectivity index (χ0n) is 27.6. The molecule has 6 atom stereocenters. The van der Waals surface area contributed by atoms with Crippen LogP contribution in [0.2, 0.25) is 0 Å². The van der Waals surface area contributed by atoms with E-state index in [2.05, 4.69) is 111 Å². The summed E-state index contributed by atoms with van der Waals surface area (Å²) in [6.07, 6.45) is 10.8. The molecule has 0 amide bonds. The van der Waals surface area contributed by atoms with E-state index in [-0.39, 0.29) is 40.8 Å². The zero-order chi connectivity index (χ0) is 31.3. The molecule has 3 aromatic rings. The molecule has 244 valence electrons. The summed E-state index contributed by atoms with van der Waals surface area (Å²) in [7, 11) is -1.95. The highest BCUT2D eigenvalue weighted by Gasteiger charge is 2.67. The molecule has 4 aliphatic carbocycles. The van der Waals surface area contributed by atoms with E-state index in [0.717, 1.165) is 69.5 Å². The number of halogens is 1. The lowest BCUT2D eigenvalue weighted by molar-refractivity contribution is -0.190. The fraction of sp³-hybridized carbons (Fsp3) is 0.488. The number of hydrogen-bond acceptors (Lipinski definition) is 3. The summed E-state index contributed by atoms with van der Waals surface area (Å²) in [5.74, 6) is 0.885. The number of hydrogen-bond donors (Lipinski definition) is 1. The highest BCUT2D eigenvalue weighted by atomic mass is 127. The highest BCUT2D eigenvalue weighted by Crippen LogP contribution is 2.73. The standard InChI is InChI=1S/C41H50O3P.HI/c1-31-29-40-25-21-35-38(2,36(40)22-26-41(31,43)30-40)23-13-24-39(35,3)37(42)44-27-14-28-45(32-15-7-4-8-16-32,33-17-9-5-10-18-33)34-19-11-6-12-20-34;/h4-12,15-20,35-36,43H,1,13-14,21-30H2,2-3H3;1H/q+1;/p-1/t35-,36-,38+,39+,40+,41-;/m0./s1. The Bertz CT molecular complexity index is 1450. The number of aliphatic hydroxyl groups is 1. The molecule has 4 saturated carbocycles. The first-order valence-electron chi connectivity index (χ1n) is 17.3. The Balaban J connectivity index is 0.00000372. The van der Waals surface area contributed by atoms with Crippen molar-refractivity contribution in [1.82, 2.24) is 0 Å². The van der Waals surface area contributed by atoms with Crippen LogP contribution < -0.4 is 39.9 Å². The Morgan fingerprint density at radius 3 is 1.93 bits per heavy atom. The Hall–Kier alpha value is -2.01. The van der Waals surface area contributed by atoms with Crippen LogP contribution in [0.25, 0.3) is 0 Å². The van der Waals surface area contributed by atoms with E-state index < -0.39 is 18.3 Å². The van der Waals surface area contributed by atoms with E-state index in [9.17, 15) is 9.90 Å². The van der Waals surface area contributed by atoms with Crippen LogP contribution in [0.15, 0.2) is 103 Å². The number of esters is 1. The molecule has 1 spiro atoms. The SMILES string of the molecule is C=C1C[C@@]23CC[C@H]4[C@@](C)(CCC[C@@]4(C)C(=O)OCCC[P+](c4ccccc4)(c4ccccc4)c4ccccc4)[C@@H]2CC[C@]1(O)C3.[I-]. The lowest BCUT2D eigenvalue weighted by atomic mass is 9.41. The summed E-state index contributed by atoms with van der Waals surface area (Å²) >= 11 is 0. The van der Waals surface area contributed by atoms with Crippen LogP contribution in [0.5, 0.6) is 0 Å². The minimum atomic E-state index is -1.95. The van der Waals surface area contributed by atoms with Crippen molar-refractivity contribution in [1.29, 1.82) is 0 Å². The van der Waals surface area contributed by atoms with Gasteiger partial charge in [-0.2, -0.15) is 0 Å². The molecule has 1 N–H and O–H groups in total. The van der Waals surface area contributed by atoms with E-state index in [0.29, 0.717) is 18.4 Å². The van der Waals surface area contributed by atoms with Gasteiger partial charge in [-0.3, -0.25) is 4.79 Å². The van der Waals surface area contributed by atoms with Gasteiger partial charge in [-0.1, -0.05) is 74.5 Å². The summed E-state index contributed by atoms with van der Waals surface area (Å²) in [4.78, 5) is 14.2. The van der Waals surface area contributed by atoms with Gasteiger partial charge in [0.2, 0.25) is 0 Å². The fourth-order valence-corrected chi connectivity index (χ4v) is 15.4. The van der Waals surface area contributed by atoms with Gasteiger partial charge in [-0.05, 0) is 123 Å².